The molecule has 2 rings (SSSR count). The van der Waals surface area contributed by atoms with E-state index in [0.29, 0.717) is 13.2 Å². The Balaban J connectivity index is 2.21. The molecule has 0 atom stereocenters. The number of phenolic OH excluding ortho intramolecular Hbond substituents is 1. The number of aromatic hydroxyl groups is 1. The third-order valence-electron chi connectivity index (χ3n) is 2.40. The monoisotopic (exact) mass is 219 g/mol. The van der Waals surface area contributed by atoms with Crippen LogP contribution < -0.4 is 0 Å². The molecule has 0 radical (unpaired) electrons. The normalized spacial score (nSPS) is 10.6. The van der Waals surface area contributed by atoms with Crippen molar-refractivity contribution in [3.8, 4) is 5.75 Å². The number of phenols is 1. The van der Waals surface area contributed by atoms with Crippen molar-refractivity contribution in [3.05, 3.63) is 30.5 Å². The Bertz CT molecular complexity index is 516. The topological polar surface area (TPSA) is 51.5 Å². The van der Waals surface area contributed by atoms with Crippen molar-refractivity contribution in [1.82, 2.24) is 4.57 Å². The molecule has 0 bridgehead atoms. The Labute approximate surface area is 93.1 Å². The fourth-order valence-corrected chi connectivity index (χ4v) is 1.71. The maximum absolute atomic E-state index is 10.6. The second-order valence-corrected chi connectivity index (χ2v) is 3.56. The molecule has 1 aromatic carbocycles. The van der Waals surface area contributed by atoms with Gasteiger partial charge in [-0.25, -0.2) is 0 Å². The van der Waals surface area contributed by atoms with Gasteiger partial charge < -0.3 is 14.4 Å². The number of aromatic nitrogens is 1. The molecule has 1 N–H and O–H groups in total. The van der Waals surface area contributed by atoms with Gasteiger partial charge in [-0.1, -0.05) is 12.1 Å². The summed E-state index contributed by atoms with van der Waals surface area (Å²) in [5.41, 5.74) is 0.773. The number of nitrogens with zero attached hydrogens (tertiary/aromatic N) is 1. The van der Waals surface area contributed by atoms with E-state index in [1.165, 1.54) is 6.92 Å². The molecule has 1 aromatic heterocycles. The van der Waals surface area contributed by atoms with Gasteiger partial charge in [-0.2, -0.15) is 0 Å². The smallest absolute Gasteiger partial charge is 0.302 e. The Morgan fingerprint density at radius 3 is 3.00 bits per heavy atom. The number of para-hydroxylation sites is 1. The SMILES string of the molecule is CC(=O)OCCn1ccc2cccc(O)c21. The van der Waals surface area contributed by atoms with Crippen LogP contribution in [-0.4, -0.2) is 22.2 Å². The first-order valence-corrected chi connectivity index (χ1v) is 5.08. The lowest BCUT2D eigenvalue weighted by Gasteiger charge is -2.06. The third-order valence-corrected chi connectivity index (χ3v) is 2.40. The largest absolute Gasteiger partial charge is 0.506 e. The fraction of sp³-hybridized carbons (Fsp3) is 0.250. The molecular weight excluding hydrogens is 206 g/mol. The van der Waals surface area contributed by atoms with Gasteiger partial charge in [0.05, 0.1) is 12.1 Å². The van der Waals surface area contributed by atoms with E-state index in [1.807, 2.05) is 22.9 Å². The zero-order chi connectivity index (χ0) is 11.5. The van der Waals surface area contributed by atoms with Crippen molar-refractivity contribution in [2.75, 3.05) is 6.61 Å². The molecule has 0 saturated heterocycles. The van der Waals surface area contributed by atoms with Gasteiger partial charge in [0.25, 0.3) is 0 Å². The Morgan fingerprint density at radius 2 is 2.25 bits per heavy atom. The third kappa shape index (κ3) is 2.00. The molecule has 0 aliphatic rings. The van der Waals surface area contributed by atoms with Crippen LogP contribution in [0.25, 0.3) is 10.9 Å². The second-order valence-electron chi connectivity index (χ2n) is 3.56. The van der Waals surface area contributed by atoms with Crippen LogP contribution in [0, 0.1) is 0 Å². The van der Waals surface area contributed by atoms with Gasteiger partial charge >= 0.3 is 5.97 Å². The van der Waals surface area contributed by atoms with Crippen LogP contribution in [0.4, 0.5) is 0 Å². The molecule has 0 saturated carbocycles. The number of ether oxygens (including phenoxy) is 1. The van der Waals surface area contributed by atoms with E-state index in [4.69, 9.17) is 4.74 Å². The first-order chi connectivity index (χ1) is 7.68. The lowest BCUT2D eigenvalue weighted by atomic mass is 10.2. The molecule has 0 unspecified atom stereocenters. The van der Waals surface area contributed by atoms with Gasteiger partial charge in [-0.05, 0) is 12.1 Å². The van der Waals surface area contributed by atoms with Crippen molar-refractivity contribution in [2.24, 2.45) is 0 Å². The molecule has 16 heavy (non-hydrogen) atoms. The highest BCUT2D eigenvalue weighted by Crippen LogP contribution is 2.25. The van der Waals surface area contributed by atoms with Crippen molar-refractivity contribution in [1.29, 1.82) is 0 Å². The first-order valence-electron chi connectivity index (χ1n) is 5.08. The lowest BCUT2D eigenvalue weighted by molar-refractivity contribution is -0.141. The number of hydrogen-bond donors (Lipinski definition) is 1. The van der Waals surface area contributed by atoms with Crippen molar-refractivity contribution < 1.29 is 14.6 Å². The minimum Gasteiger partial charge on any atom is -0.506 e. The quantitative estimate of drug-likeness (QED) is 0.802. The van der Waals surface area contributed by atoms with Crippen molar-refractivity contribution >= 4 is 16.9 Å². The highest BCUT2D eigenvalue weighted by Gasteiger charge is 2.05. The molecule has 0 amide bonds. The summed E-state index contributed by atoms with van der Waals surface area (Å²) in [5, 5.41) is 10.7. The standard InChI is InChI=1S/C12H13NO3/c1-9(14)16-8-7-13-6-5-10-3-2-4-11(15)12(10)13/h2-6,15H,7-8H2,1H3. The number of carbonyl (C=O) groups excluding carboxylic acids is 1. The van der Waals surface area contributed by atoms with Crippen LogP contribution in [0.1, 0.15) is 6.92 Å². The van der Waals surface area contributed by atoms with E-state index in [1.54, 1.807) is 12.1 Å². The molecule has 4 heteroatoms. The number of carbonyl (C=O) groups is 1. The molecule has 0 aliphatic carbocycles. The van der Waals surface area contributed by atoms with E-state index < -0.39 is 0 Å². The number of rotatable bonds is 3. The van der Waals surface area contributed by atoms with Crippen molar-refractivity contribution in [3.63, 3.8) is 0 Å². The minimum absolute atomic E-state index is 0.241. The zero-order valence-corrected chi connectivity index (χ0v) is 9.01. The van der Waals surface area contributed by atoms with E-state index in [-0.39, 0.29) is 11.7 Å². The minimum atomic E-state index is -0.291. The summed E-state index contributed by atoms with van der Waals surface area (Å²) in [4.78, 5) is 10.6. The maximum atomic E-state index is 10.6. The van der Waals surface area contributed by atoms with Crippen LogP contribution in [0.5, 0.6) is 5.75 Å². The summed E-state index contributed by atoms with van der Waals surface area (Å²) in [5.74, 6) is -0.0500. The summed E-state index contributed by atoms with van der Waals surface area (Å²) >= 11 is 0. The maximum Gasteiger partial charge on any atom is 0.302 e. The highest BCUT2D eigenvalue weighted by atomic mass is 16.5. The average Bonchev–Trinajstić information content (AvgIpc) is 2.62. The van der Waals surface area contributed by atoms with E-state index in [9.17, 15) is 9.90 Å². The van der Waals surface area contributed by atoms with Gasteiger partial charge in [0.15, 0.2) is 0 Å². The molecule has 0 aliphatic heterocycles. The molecule has 2 aromatic rings. The number of benzene rings is 1. The summed E-state index contributed by atoms with van der Waals surface area (Å²) in [6, 6.07) is 7.29. The zero-order valence-electron chi connectivity index (χ0n) is 9.01. The van der Waals surface area contributed by atoms with Gasteiger partial charge in [-0.3, -0.25) is 4.79 Å². The van der Waals surface area contributed by atoms with E-state index in [0.717, 1.165) is 10.9 Å². The Hall–Kier alpha value is -1.97. The summed E-state index contributed by atoms with van der Waals surface area (Å²) in [7, 11) is 0. The van der Waals surface area contributed by atoms with Crippen LogP contribution in [0.2, 0.25) is 0 Å². The molecule has 4 nitrogen and oxygen atoms in total. The van der Waals surface area contributed by atoms with Gasteiger partial charge in [0.2, 0.25) is 0 Å². The average molecular weight is 219 g/mol. The Morgan fingerprint density at radius 1 is 1.44 bits per heavy atom. The molecule has 84 valence electrons. The Kier molecular flexibility index (Phi) is 2.81. The van der Waals surface area contributed by atoms with Crippen molar-refractivity contribution in [2.45, 2.75) is 13.5 Å². The summed E-state index contributed by atoms with van der Waals surface area (Å²) < 4.78 is 6.73. The number of fused-ring (bicyclic) bond motifs is 1. The summed E-state index contributed by atoms with van der Waals surface area (Å²) in [6.45, 7) is 2.24. The van der Waals surface area contributed by atoms with E-state index >= 15 is 0 Å². The fourth-order valence-electron chi connectivity index (χ4n) is 1.71. The van der Waals surface area contributed by atoms with Crippen LogP contribution in [0.3, 0.4) is 0 Å². The molecule has 1 heterocycles. The molecular formula is C12H13NO3. The van der Waals surface area contributed by atoms with Gasteiger partial charge in [-0.15, -0.1) is 0 Å². The van der Waals surface area contributed by atoms with E-state index in [2.05, 4.69) is 0 Å². The van der Waals surface area contributed by atoms with Crippen LogP contribution >= 0.6 is 0 Å². The number of hydrogen-bond acceptors (Lipinski definition) is 3. The number of esters is 1. The van der Waals surface area contributed by atoms with Crippen LogP contribution in [0.15, 0.2) is 30.5 Å². The second kappa shape index (κ2) is 4.26. The summed E-state index contributed by atoms with van der Waals surface area (Å²) in [6.07, 6.45) is 1.87. The predicted molar refractivity (Wildman–Crippen MR) is 60.2 cm³/mol. The first kappa shape index (κ1) is 10.5. The predicted octanol–water partition coefficient (Wildman–Crippen LogP) is 1.91. The lowest BCUT2D eigenvalue weighted by Crippen LogP contribution is -2.07. The van der Waals surface area contributed by atoms with Gasteiger partial charge in [0.1, 0.15) is 12.4 Å². The van der Waals surface area contributed by atoms with Gasteiger partial charge in [0, 0.05) is 18.5 Å². The van der Waals surface area contributed by atoms with Crippen LogP contribution in [-0.2, 0) is 16.1 Å². The molecule has 0 spiro atoms. The highest BCUT2D eigenvalue weighted by molar-refractivity contribution is 5.85. The molecule has 0 fully saturated rings.